The minimum atomic E-state index is -3.66. The van der Waals surface area contributed by atoms with Crippen LogP contribution in [0.4, 0.5) is 0 Å². The van der Waals surface area contributed by atoms with Crippen molar-refractivity contribution in [2.75, 3.05) is 13.2 Å². The monoisotopic (exact) mass is 532 g/mol. The molecular weight excluding hydrogens is 506 g/mol. The fraction of sp³-hybridized carbons (Fsp3) is 0.172. The van der Waals surface area contributed by atoms with Crippen LogP contribution in [0.2, 0.25) is 0 Å². The number of hydrogen-bond donors (Lipinski definition) is 0. The smallest absolute Gasteiger partial charge is 0.411 e. The highest BCUT2D eigenvalue weighted by atomic mass is 31.2. The molecule has 0 radical (unpaired) electrons. The highest BCUT2D eigenvalue weighted by Gasteiger charge is 2.41. The van der Waals surface area contributed by atoms with Crippen molar-refractivity contribution in [1.29, 1.82) is 0 Å². The van der Waals surface area contributed by atoms with Gasteiger partial charge in [0, 0.05) is 27.7 Å². The van der Waals surface area contributed by atoms with Gasteiger partial charge in [0.05, 0.1) is 23.8 Å². The Hall–Kier alpha value is -3.14. The quantitative estimate of drug-likeness (QED) is 0.245. The summed E-state index contributed by atoms with van der Waals surface area (Å²) in [5.74, 6) is 1.04. The van der Waals surface area contributed by atoms with E-state index >= 15 is 0 Å². The van der Waals surface area contributed by atoms with Crippen molar-refractivity contribution in [1.82, 2.24) is 0 Å². The summed E-state index contributed by atoms with van der Waals surface area (Å²) >= 11 is 0. The summed E-state index contributed by atoms with van der Waals surface area (Å²) in [6.45, 7) is 3.91. The molecule has 0 spiro atoms. The maximum atomic E-state index is 14.0. The maximum absolute atomic E-state index is 14.0. The van der Waals surface area contributed by atoms with Gasteiger partial charge in [-0.1, -0.05) is 86.6 Å². The molecule has 188 valence electrons. The Labute approximate surface area is 216 Å². The Balaban J connectivity index is 1.22. The van der Waals surface area contributed by atoms with E-state index in [9.17, 15) is 9.13 Å². The SMILES string of the molecule is CC(C)(COP1(=O)Oc2ccccc2-c2ccccc21)COP1(=O)Oc2ccccc2-c2ccccc21. The molecular formula is C29H26O6P2. The summed E-state index contributed by atoms with van der Waals surface area (Å²) in [4.78, 5) is 0. The van der Waals surface area contributed by atoms with Crippen LogP contribution in [0.5, 0.6) is 11.5 Å². The van der Waals surface area contributed by atoms with Gasteiger partial charge in [0.2, 0.25) is 0 Å². The first-order valence-electron chi connectivity index (χ1n) is 12.0. The van der Waals surface area contributed by atoms with E-state index < -0.39 is 20.6 Å². The second kappa shape index (κ2) is 9.01. The Morgan fingerprint density at radius 3 is 1.35 bits per heavy atom. The molecule has 4 aromatic carbocycles. The van der Waals surface area contributed by atoms with E-state index in [1.54, 1.807) is 24.3 Å². The molecule has 2 unspecified atom stereocenters. The highest BCUT2D eigenvalue weighted by molar-refractivity contribution is 7.63. The van der Waals surface area contributed by atoms with Crippen LogP contribution in [0.15, 0.2) is 97.1 Å². The predicted octanol–water partition coefficient (Wildman–Crippen LogP) is 7.20. The molecule has 0 amide bonds. The molecule has 0 aromatic heterocycles. The van der Waals surface area contributed by atoms with Crippen molar-refractivity contribution in [3.05, 3.63) is 97.1 Å². The number of fused-ring (bicyclic) bond motifs is 6. The molecule has 0 aliphatic carbocycles. The van der Waals surface area contributed by atoms with Crippen molar-refractivity contribution >= 4 is 25.8 Å². The molecule has 0 saturated carbocycles. The molecule has 0 N–H and O–H groups in total. The molecule has 8 heteroatoms. The Morgan fingerprint density at radius 2 is 0.919 bits per heavy atom. The van der Waals surface area contributed by atoms with E-state index in [-0.39, 0.29) is 13.2 Å². The van der Waals surface area contributed by atoms with Crippen molar-refractivity contribution < 1.29 is 27.2 Å². The van der Waals surface area contributed by atoms with Crippen molar-refractivity contribution in [3.8, 4) is 33.8 Å². The third-order valence-corrected chi connectivity index (χ3v) is 10.2. The summed E-state index contributed by atoms with van der Waals surface area (Å²) < 4.78 is 51.9. The molecule has 37 heavy (non-hydrogen) atoms. The van der Waals surface area contributed by atoms with Crippen LogP contribution in [0.3, 0.4) is 0 Å². The third-order valence-electron chi connectivity index (χ3n) is 6.44. The van der Waals surface area contributed by atoms with E-state index in [1.165, 1.54) is 0 Å². The molecule has 2 atom stereocenters. The molecule has 2 aliphatic heterocycles. The number of hydrogen-bond acceptors (Lipinski definition) is 6. The van der Waals surface area contributed by atoms with E-state index in [1.807, 2.05) is 86.6 Å². The number of benzene rings is 4. The topological polar surface area (TPSA) is 71.1 Å². The average Bonchev–Trinajstić information content (AvgIpc) is 2.92. The van der Waals surface area contributed by atoms with Crippen LogP contribution < -0.4 is 19.7 Å². The van der Waals surface area contributed by atoms with Crippen LogP contribution in [0.1, 0.15) is 13.8 Å². The third kappa shape index (κ3) is 4.35. The predicted molar refractivity (Wildman–Crippen MR) is 145 cm³/mol. The Bertz CT molecular complexity index is 1480. The van der Waals surface area contributed by atoms with Gasteiger partial charge in [-0.05, 0) is 24.3 Å². The van der Waals surface area contributed by atoms with Crippen LogP contribution in [0, 0.1) is 5.41 Å². The fourth-order valence-electron chi connectivity index (χ4n) is 4.53. The summed E-state index contributed by atoms with van der Waals surface area (Å²) in [6, 6.07) is 29.8. The van der Waals surface area contributed by atoms with Gasteiger partial charge >= 0.3 is 15.2 Å². The highest BCUT2D eigenvalue weighted by Crippen LogP contribution is 2.57. The first-order chi connectivity index (χ1) is 17.8. The Kier molecular flexibility index (Phi) is 5.89. The zero-order chi connectivity index (χ0) is 25.7. The maximum Gasteiger partial charge on any atom is 0.411 e. The van der Waals surface area contributed by atoms with Crippen molar-refractivity contribution in [2.45, 2.75) is 13.8 Å². The first kappa shape index (κ1) is 24.2. The van der Waals surface area contributed by atoms with Gasteiger partial charge in [-0.25, -0.2) is 9.13 Å². The number of para-hydroxylation sites is 2. The van der Waals surface area contributed by atoms with Gasteiger partial charge in [-0.15, -0.1) is 0 Å². The van der Waals surface area contributed by atoms with E-state index in [0.29, 0.717) is 22.1 Å². The van der Waals surface area contributed by atoms with Gasteiger partial charge in [-0.3, -0.25) is 9.05 Å². The summed E-state index contributed by atoms with van der Waals surface area (Å²) in [5.41, 5.74) is 2.76. The summed E-state index contributed by atoms with van der Waals surface area (Å²) in [7, 11) is -7.32. The summed E-state index contributed by atoms with van der Waals surface area (Å²) in [5, 5.41) is 1.05. The van der Waals surface area contributed by atoms with Crippen molar-refractivity contribution in [3.63, 3.8) is 0 Å². The van der Waals surface area contributed by atoms with Crippen LogP contribution in [-0.4, -0.2) is 13.2 Å². The lowest BCUT2D eigenvalue weighted by Gasteiger charge is -2.33. The largest absolute Gasteiger partial charge is 0.421 e. The normalized spacial score (nSPS) is 21.5. The van der Waals surface area contributed by atoms with Crippen LogP contribution in [0.25, 0.3) is 22.3 Å². The lowest BCUT2D eigenvalue weighted by Crippen LogP contribution is -2.29. The molecule has 4 aromatic rings. The molecule has 0 fully saturated rings. The van der Waals surface area contributed by atoms with E-state index in [2.05, 4.69) is 0 Å². The zero-order valence-corrected chi connectivity index (χ0v) is 22.3. The first-order valence-corrected chi connectivity index (χ1v) is 15.1. The molecule has 2 heterocycles. The van der Waals surface area contributed by atoms with E-state index in [4.69, 9.17) is 18.1 Å². The van der Waals surface area contributed by atoms with Gasteiger partial charge in [-0.2, -0.15) is 0 Å². The zero-order valence-electron chi connectivity index (χ0n) is 20.5. The van der Waals surface area contributed by atoms with Gasteiger partial charge in [0.25, 0.3) is 0 Å². The lowest BCUT2D eigenvalue weighted by molar-refractivity contribution is 0.101. The van der Waals surface area contributed by atoms with Crippen LogP contribution >= 0.6 is 15.2 Å². The summed E-state index contributed by atoms with van der Waals surface area (Å²) in [6.07, 6.45) is 0. The van der Waals surface area contributed by atoms with Gasteiger partial charge in [0.15, 0.2) is 0 Å². The second-order valence-electron chi connectivity index (χ2n) is 9.92. The molecule has 6 nitrogen and oxygen atoms in total. The number of rotatable bonds is 6. The molecule has 6 rings (SSSR count). The van der Waals surface area contributed by atoms with Crippen LogP contribution in [-0.2, 0) is 18.2 Å². The molecule has 0 bridgehead atoms. The van der Waals surface area contributed by atoms with Gasteiger partial charge in [0.1, 0.15) is 11.5 Å². The minimum Gasteiger partial charge on any atom is -0.421 e. The fourth-order valence-corrected chi connectivity index (χ4v) is 8.50. The van der Waals surface area contributed by atoms with Crippen molar-refractivity contribution in [2.24, 2.45) is 5.41 Å². The standard InChI is InChI=1S/C29H26O6P2/c1-29(2,19-32-36(30)27-17-9-5-13-23(27)21-11-3-7-15-25(21)34-36)20-33-37(31)28-18-10-6-14-24(28)22-12-4-8-16-26(22)35-37/h3-18H,19-20H2,1-2H3. The lowest BCUT2D eigenvalue weighted by atomic mass is 9.97. The van der Waals surface area contributed by atoms with E-state index in [0.717, 1.165) is 22.3 Å². The van der Waals surface area contributed by atoms with Gasteiger partial charge < -0.3 is 9.05 Å². The minimum absolute atomic E-state index is 0.0546. The average molecular weight is 532 g/mol. The second-order valence-corrected chi connectivity index (χ2v) is 13.8. The Morgan fingerprint density at radius 1 is 0.568 bits per heavy atom. The molecule has 0 saturated heterocycles. The molecule has 2 aliphatic rings.